The van der Waals surface area contributed by atoms with E-state index < -0.39 is 11.6 Å². The van der Waals surface area contributed by atoms with E-state index in [-0.39, 0.29) is 18.9 Å². The van der Waals surface area contributed by atoms with Crippen molar-refractivity contribution in [2.24, 2.45) is 0 Å². The van der Waals surface area contributed by atoms with E-state index in [0.29, 0.717) is 18.8 Å². The smallest absolute Gasteiger partial charge is 0.410 e. The molecule has 0 saturated carbocycles. The molecule has 24 heavy (non-hydrogen) atoms. The van der Waals surface area contributed by atoms with Crippen LogP contribution in [0.2, 0.25) is 0 Å². The van der Waals surface area contributed by atoms with Gasteiger partial charge in [0.05, 0.1) is 0 Å². The van der Waals surface area contributed by atoms with Gasteiger partial charge >= 0.3 is 12.1 Å². The van der Waals surface area contributed by atoms with Gasteiger partial charge in [-0.15, -0.1) is 0 Å². The molecule has 1 aliphatic heterocycles. The van der Waals surface area contributed by atoms with Gasteiger partial charge in [-0.1, -0.05) is 6.07 Å². The van der Waals surface area contributed by atoms with Crippen LogP contribution in [0, 0.1) is 0 Å². The Labute approximate surface area is 142 Å². The van der Waals surface area contributed by atoms with Crippen LogP contribution in [0.5, 0.6) is 0 Å². The number of aromatic nitrogens is 1. The molecule has 2 heterocycles. The maximum Gasteiger partial charge on any atom is 0.410 e. The van der Waals surface area contributed by atoms with Gasteiger partial charge in [-0.05, 0) is 45.7 Å². The third kappa shape index (κ3) is 5.81. The second kappa shape index (κ2) is 8.10. The molecular weight excluding hydrogens is 310 g/mol. The fourth-order valence-electron chi connectivity index (χ4n) is 2.38. The van der Waals surface area contributed by atoms with Gasteiger partial charge in [0, 0.05) is 25.3 Å². The number of rotatable bonds is 4. The Morgan fingerprint density at radius 3 is 2.58 bits per heavy atom. The molecule has 0 bridgehead atoms. The summed E-state index contributed by atoms with van der Waals surface area (Å²) < 4.78 is 10.5. The van der Waals surface area contributed by atoms with Crippen molar-refractivity contribution < 1.29 is 19.1 Å². The molecular formula is C17H25N3O4. The summed E-state index contributed by atoms with van der Waals surface area (Å²) in [5.41, 5.74) is -0.190. The molecule has 1 saturated heterocycles. The summed E-state index contributed by atoms with van der Waals surface area (Å²) in [5, 5.41) is 3.18. The largest absolute Gasteiger partial charge is 0.445 e. The number of nitrogens with one attached hydrogen (secondary N) is 1. The number of carbonyl (C=O) groups excluding carboxylic acids is 2. The number of nitrogens with zero attached hydrogens (tertiary/aromatic N) is 2. The molecule has 1 aliphatic rings. The highest BCUT2D eigenvalue weighted by Gasteiger charge is 2.26. The molecule has 2 rings (SSSR count). The van der Waals surface area contributed by atoms with Gasteiger partial charge in [-0.25, -0.2) is 14.6 Å². The molecule has 0 aliphatic carbocycles. The monoisotopic (exact) mass is 335 g/mol. The molecule has 1 amide bonds. The normalized spacial score (nSPS) is 15.9. The minimum Gasteiger partial charge on any atom is -0.445 e. The summed E-state index contributed by atoms with van der Waals surface area (Å²) >= 11 is 0. The van der Waals surface area contributed by atoms with E-state index in [9.17, 15) is 9.59 Å². The lowest BCUT2D eigenvalue weighted by Crippen LogP contribution is -2.47. The van der Waals surface area contributed by atoms with Gasteiger partial charge in [-0.3, -0.25) is 5.32 Å². The first-order chi connectivity index (χ1) is 11.3. The zero-order valence-corrected chi connectivity index (χ0v) is 14.4. The molecule has 0 spiro atoms. The number of carbonyl (C=O) groups is 2. The quantitative estimate of drug-likeness (QED) is 0.671. The first-order valence-corrected chi connectivity index (χ1v) is 8.14. The van der Waals surface area contributed by atoms with Gasteiger partial charge in [0.1, 0.15) is 18.0 Å². The van der Waals surface area contributed by atoms with Crippen LogP contribution in [-0.2, 0) is 9.47 Å². The molecule has 1 aromatic heterocycles. The second-order valence-electron chi connectivity index (χ2n) is 6.74. The van der Waals surface area contributed by atoms with Crippen LogP contribution in [-0.4, -0.2) is 53.4 Å². The Hall–Kier alpha value is -2.15. The van der Waals surface area contributed by atoms with E-state index in [1.54, 1.807) is 29.3 Å². The lowest BCUT2D eigenvalue weighted by atomic mass is 10.1. The number of likely N-dealkylation sites (tertiary alicyclic amines) is 1. The average Bonchev–Trinajstić information content (AvgIpc) is 2.54. The van der Waals surface area contributed by atoms with Crippen molar-refractivity contribution in [3.8, 4) is 0 Å². The lowest BCUT2D eigenvalue weighted by molar-refractivity contribution is 0.0185. The standard InChI is InChI=1S/C17H25N3O4/c1-17(2,3)24-16(22)20-10-7-13(8-11-20)19-12-23-15(21)14-6-4-5-9-18-14/h4-6,9,13,19H,7-8,10-12H2,1-3H3. The molecule has 7 heteroatoms. The van der Waals surface area contributed by atoms with Gasteiger partial charge in [-0.2, -0.15) is 0 Å². The van der Waals surface area contributed by atoms with Gasteiger partial charge in [0.15, 0.2) is 0 Å². The second-order valence-corrected chi connectivity index (χ2v) is 6.74. The Kier molecular flexibility index (Phi) is 6.14. The lowest BCUT2D eigenvalue weighted by Gasteiger charge is -2.33. The molecule has 0 atom stereocenters. The third-order valence-corrected chi connectivity index (χ3v) is 3.60. The van der Waals surface area contributed by atoms with Crippen molar-refractivity contribution in [3.05, 3.63) is 30.1 Å². The van der Waals surface area contributed by atoms with Crippen molar-refractivity contribution in [2.45, 2.75) is 45.3 Å². The van der Waals surface area contributed by atoms with E-state index in [4.69, 9.17) is 9.47 Å². The van der Waals surface area contributed by atoms with Gasteiger partial charge in [0.2, 0.25) is 0 Å². The number of pyridine rings is 1. The highest BCUT2D eigenvalue weighted by molar-refractivity contribution is 5.87. The molecule has 1 aromatic rings. The highest BCUT2D eigenvalue weighted by atomic mass is 16.6. The fourth-order valence-corrected chi connectivity index (χ4v) is 2.38. The van der Waals surface area contributed by atoms with Gasteiger partial charge in [0.25, 0.3) is 0 Å². The van der Waals surface area contributed by atoms with E-state index in [2.05, 4.69) is 10.3 Å². The summed E-state index contributed by atoms with van der Waals surface area (Å²) in [6.07, 6.45) is 2.86. The summed E-state index contributed by atoms with van der Waals surface area (Å²) in [5.74, 6) is -0.450. The number of ether oxygens (including phenoxy) is 2. The Morgan fingerprint density at radius 1 is 1.29 bits per heavy atom. The van der Waals surface area contributed by atoms with Crippen molar-refractivity contribution >= 4 is 12.1 Å². The third-order valence-electron chi connectivity index (χ3n) is 3.60. The van der Waals surface area contributed by atoms with Crippen LogP contribution in [0.25, 0.3) is 0 Å². The van der Waals surface area contributed by atoms with Crippen LogP contribution in [0.15, 0.2) is 24.4 Å². The summed E-state index contributed by atoms with van der Waals surface area (Å²) in [6, 6.07) is 5.30. The van der Waals surface area contributed by atoms with E-state index in [1.165, 1.54) is 0 Å². The number of hydrogen-bond donors (Lipinski definition) is 1. The predicted molar refractivity (Wildman–Crippen MR) is 88.5 cm³/mol. The molecule has 132 valence electrons. The fraction of sp³-hybridized carbons (Fsp3) is 0.588. The van der Waals surface area contributed by atoms with Crippen LogP contribution in [0.1, 0.15) is 44.1 Å². The van der Waals surface area contributed by atoms with Crippen LogP contribution >= 0.6 is 0 Å². The van der Waals surface area contributed by atoms with Crippen LogP contribution in [0.3, 0.4) is 0 Å². The topological polar surface area (TPSA) is 80.8 Å². The molecule has 0 unspecified atom stereocenters. The number of piperidine rings is 1. The van der Waals surface area contributed by atoms with Gasteiger partial charge < -0.3 is 14.4 Å². The first-order valence-electron chi connectivity index (χ1n) is 8.14. The predicted octanol–water partition coefficient (Wildman–Crippen LogP) is 2.19. The van der Waals surface area contributed by atoms with Crippen LogP contribution in [0.4, 0.5) is 4.79 Å². The minimum absolute atomic E-state index is 0.131. The summed E-state index contributed by atoms with van der Waals surface area (Å²) in [6.45, 7) is 6.95. The van der Waals surface area contributed by atoms with Crippen molar-refractivity contribution in [2.75, 3.05) is 19.8 Å². The SMILES string of the molecule is CC(C)(C)OC(=O)N1CCC(NCOC(=O)c2ccccn2)CC1. The molecule has 1 fully saturated rings. The van der Waals surface area contributed by atoms with E-state index in [1.807, 2.05) is 20.8 Å². The number of amides is 1. The first kappa shape index (κ1) is 18.2. The average molecular weight is 335 g/mol. The van der Waals surface area contributed by atoms with E-state index >= 15 is 0 Å². The number of esters is 1. The summed E-state index contributed by atoms with van der Waals surface area (Å²) in [7, 11) is 0. The Bertz CT molecular complexity index is 549. The van der Waals surface area contributed by atoms with Crippen LogP contribution < -0.4 is 5.32 Å². The zero-order valence-electron chi connectivity index (χ0n) is 14.4. The van der Waals surface area contributed by atoms with E-state index in [0.717, 1.165) is 12.8 Å². The highest BCUT2D eigenvalue weighted by Crippen LogP contribution is 2.15. The maximum atomic E-state index is 12.0. The van der Waals surface area contributed by atoms with Crippen molar-refractivity contribution in [1.29, 1.82) is 0 Å². The molecule has 7 nitrogen and oxygen atoms in total. The molecule has 1 N–H and O–H groups in total. The zero-order chi connectivity index (χ0) is 17.6. The van der Waals surface area contributed by atoms with Crippen molar-refractivity contribution in [1.82, 2.24) is 15.2 Å². The summed E-state index contributed by atoms with van der Waals surface area (Å²) in [4.78, 5) is 29.4. The number of hydrogen-bond acceptors (Lipinski definition) is 6. The maximum absolute atomic E-state index is 12.0. The van der Waals surface area contributed by atoms with Crippen molar-refractivity contribution in [3.63, 3.8) is 0 Å². The molecule has 0 radical (unpaired) electrons. The Balaban J connectivity index is 1.66. The minimum atomic E-state index is -0.480. The molecule has 0 aromatic carbocycles. The Morgan fingerprint density at radius 2 is 2.00 bits per heavy atom.